The lowest BCUT2D eigenvalue weighted by Gasteiger charge is -2.43. The van der Waals surface area contributed by atoms with Crippen LogP contribution in [0.15, 0.2) is 171 Å². The molecule has 390 valence electrons. The summed E-state index contributed by atoms with van der Waals surface area (Å²) in [5, 5.41) is 0. The van der Waals surface area contributed by atoms with Crippen molar-refractivity contribution in [1.82, 2.24) is 0 Å². The van der Waals surface area contributed by atoms with Gasteiger partial charge >= 0.3 is 0 Å². The van der Waals surface area contributed by atoms with Crippen LogP contribution in [-0.4, -0.2) is 0 Å². The molecule has 0 saturated heterocycles. The third kappa shape index (κ3) is 12.2. The number of benzene rings is 1. The first-order valence-corrected chi connectivity index (χ1v) is 29.1. The van der Waals surface area contributed by atoms with Gasteiger partial charge in [-0.25, -0.2) is 0 Å². The molecule has 6 bridgehead atoms. The fourth-order valence-electron chi connectivity index (χ4n) is 13.5. The predicted molar refractivity (Wildman–Crippen MR) is 319 cm³/mol. The Kier molecular flexibility index (Phi) is 15.8. The number of allylic oxidation sites excluding steroid dienone is 25. The molecule has 0 heteroatoms. The van der Waals surface area contributed by atoms with Crippen LogP contribution < -0.4 is 0 Å². The van der Waals surface area contributed by atoms with Crippen molar-refractivity contribution in [3.05, 3.63) is 187 Å². The molecular formula is C73H98. The maximum Gasteiger partial charge on any atom is 0.0193 e. The maximum atomic E-state index is 3.90. The highest BCUT2D eigenvalue weighted by Gasteiger charge is 2.42. The Morgan fingerprint density at radius 2 is 1.42 bits per heavy atom. The first kappa shape index (κ1) is 54.9. The molecule has 0 aliphatic heterocycles. The van der Waals surface area contributed by atoms with Crippen molar-refractivity contribution < 1.29 is 0 Å². The van der Waals surface area contributed by atoms with Crippen LogP contribution in [0, 0.1) is 63.1 Å². The van der Waals surface area contributed by atoms with Gasteiger partial charge in [0.25, 0.3) is 0 Å². The van der Waals surface area contributed by atoms with Crippen LogP contribution in [0.4, 0.5) is 0 Å². The Morgan fingerprint density at radius 3 is 2.08 bits per heavy atom. The van der Waals surface area contributed by atoms with Crippen LogP contribution in [0.3, 0.4) is 0 Å². The normalized spacial score (nSPS) is 31.9. The summed E-state index contributed by atoms with van der Waals surface area (Å²) in [6.07, 6.45) is 49.0. The van der Waals surface area contributed by atoms with Gasteiger partial charge in [-0.3, -0.25) is 0 Å². The van der Waals surface area contributed by atoms with E-state index in [-0.39, 0.29) is 38.9 Å². The summed E-state index contributed by atoms with van der Waals surface area (Å²) in [5.74, 6) is 3.17. The highest BCUT2D eigenvalue weighted by molar-refractivity contribution is 5.87. The SMILES string of the molecule is CC=CC1C2=CC=C3/C=C(C4=CC(C(C)(C)C)=CC(C(C)(C)C)C4)/C4=C(\C(c5cc(C(C)C)cc(C(C)(C)C)c5)=C\C(=C(C(C)(C)C)/C=C\C5=CC(C(C)(C)C)CC2C5)C31)C1CCCC(CC/C=C\C=C=C4)C1. The molecule has 0 spiro atoms. The summed E-state index contributed by atoms with van der Waals surface area (Å²) in [5.41, 5.74) is 24.5. The third-order valence-corrected chi connectivity index (χ3v) is 18.2. The van der Waals surface area contributed by atoms with Gasteiger partial charge in [0.05, 0.1) is 0 Å². The first-order valence-electron chi connectivity index (χ1n) is 29.1. The van der Waals surface area contributed by atoms with E-state index in [9.17, 15) is 0 Å². The van der Waals surface area contributed by atoms with Crippen molar-refractivity contribution >= 4 is 5.57 Å². The fraction of sp³-hybridized carbons (Fsp3) is 0.548. The van der Waals surface area contributed by atoms with Crippen LogP contribution in [0.25, 0.3) is 5.57 Å². The van der Waals surface area contributed by atoms with Crippen molar-refractivity contribution in [3.8, 4) is 0 Å². The lowest BCUT2D eigenvalue weighted by Crippen LogP contribution is -2.32. The minimum atomic E-state index is -0.137. The van der Waals surface area contributed by atoms with Gasteiger partial charge in [-0.1, -0.05) is 233 Å². The smallest absolute Gasteiger partial charge is 0.0193 e. The van der Waals surface area contributed by atoms with Crippen LogP contribution in [0.5, 0.6) is 0 Å². The van der Waals surface area contributed by atoms with Gasteiger partial charge in [0.2, 0.25) is 0 Å². The molecule has 73 heavy (non-hydrogen) atoms. The predicted octanol–water partition coefficient (Wildman–Crippen LogP) is 21.1. The summed E-state index contributed by atoms with van der Waals surface area (Å²) in [6.45, 7) is 43.8. The van der Waals surface area contributed by atoms with E-state index in [2.05, 4.69) is 240 Å². The van der Waals surface area contributed by atoms with Gasteiger partial charge in [-0.15, -0.1) is 5.73 Å². The molecule has 7 atom stereocenters. The van der Waals surface area contributed by atoms with Gasteiger partial charge in [-0.05, 0) is 200 Å². The second-order valence-electron chi connectivity index (χ2n) is 29.3. The molecule has 0 amide bonds. The van der Waals surface area contributed by atoms with Crippen molar-refractivity contribution in [2.45, 2.75) is 194 Å². The monoisotopic (exact) mass is 975 g/mol. The van der Waals surface area contributed by atoms with Crippen molar-refractivity contribution in [2.24, 2.45) is 63.1 Å². The topological polar surface area (TPSA) is 0 Å². The van der Waals surface area contributed by atoms with Gasteiger partial charge in [-0.2, -0.15) is 0 Å². The standard InChI is InChI=1S/C73H98/c1-19-26-61-60-33-32-51-44-63(55-42-58(71(10,11)12)45-59(43-55)72(13,14)15)62-30-24-22-20-21-23-27-48-28-25-29-50(35-48)67(62)64(54-38-52(47(2)3)39-57(41-54)70(7,8)9)46-65(68(51)61)66(73(16,17)18)34-31-49-36-53(60)40-56(37-49)69(4,5)6/h19-22,26,30-34,37-39,41-42,44-48,50,53,56,59,61,68H,23,25,27-29,35-36,40,43H2,1-18H3/b21-20-,26-19?,34-31-,63-44+,64-46+,66-65-,67-62-. The number of fused-ring (bicyclic) bond motifs is 7. The molecule has 7 aliphatic carbocycles. The van der Waals surface area contributed by atoms with E-state index in [1.807, 2.05) is 0 Å². The van der Waals surface area contributed by atoms with E-state index in [1.54, 1.807) is 11.1 Å². The van der Waals surface area contributed by atoms with Gasteiger partial charge in [0.15, 0.2) is 0 Å². The molecule has 1 saturated carbocycles. The van der Waals surface area contributed by atoms with E-state index in [0.29, 0.717) is 35.5 Å². The van der Waals surface area contributed by atoms with E-state index in [1.165, 1.54) is 105 Å². The van der Waals surface area contributed by atoms with Crippen LogP contribution in [0.2, 0.25) is 0 Å². The largest absolute Gasteiger partial charge is 0.120 e. The van der Waals surface area contributed by atoms with Crippen molar-refractivity contribution in [1.29, 1.82) is 0 Å². The quantitative estimate of drug-likeness (QED) is 0.208. The average Bonchev–Trinajstić information content (AvgIpc) is 3.35. The molecule has 0 heterocycles. The molecule has 1 aromatic rings. The van der Waals surface area contributed by atoms with E-state index in [4.69, 9.17) is 0 Å². The summed E-state index contributed by atoms with van der Waals surface area (Å²) in [4.78, 5) is 0. The van der Waals surface area contributed by atoms with Crippen LogP contribution in [-0.2, 0) is 5.41 Å². The van der Waals surface area contributed by atoms with Crippen LogP contribution in [0.1, 0.15) is 205 Å². The summed E-state index contributed by atoms with van der Waals surface area (Å²) >= 11 is 0. The molecule has 0 radical (unpaired) electrons. The number of hydrogen-bond donors (Lipinski definition) is 0. The first-order chi connectivity index (χ1) is 34.1. The number of hydrogen-bond acceptors (Lipinski definition) is 0. The van der Waals surface area contributed by atoms with E-state index < -0.39 is 0 Å². The molecule has 7 unspecified atom stereocenters. The molecule has 0 N–H and O–H groups in total. The fourth-order valence-corrected chi connectivity index (χ4v) is 13.5. The van der Waals surface area contributed by atoms with Crippen molar-refractivity contribution in [3.63, 3.8) is 0 Å². The maximum absolute atomic E-state index is 3.90. The Bertz CT molecular complexity index is 2740. The Hall–Kier alpha value is -4.38. The lowest BCUT2D eigenvalue weighted by atomic mass is 9.61. The van der Waals surface area contributed by atoms with Crippen LogP contribution >= 0.6 is 0 Å². The zero-order valence-corrected chi connectivity index (χ0v) is 49.4. The summed E-state index contributed by atoms with van der Waals surface area (Å²) < 4.78 is 0. The molecule has 1 fully saturated rings. The van der Waals surface area contributed by atoms with E-state index in [0.717, 1.165) is 19.3 Å². The zero-order valence-electron chi connectivity index (χ0n) is 49.4. The molecular weight excluding hydrogens is 877 g/mol. The average molecular weight is 976 g/mol. The highest BCUT2D eigenvalue weighted by atomic mass is 14.5. The summed E-state index contributed by atoms with van der Waals surface area (Å²) in [6, 6.07) is 7.77. The Balaban J connectivity index is 1.64. The molecule has 7 aliphatic rings. The second kappa shape index (κ2) is 21.0. The minimum Gasteiger partial charge on any atom is -0.120 e. The second-order valence-corrected chi connectivity index (χ2v) is 29.3. The molecule has 8 rings (SSSR count). The highest BCUT2D eigenvalue weighted by Crippen LogP contribution is 2.56. The van der Waals surface area contributed by atoms with Gasteiger partial charge < -0.3 is 0 Å². The number of rotatable bonds is 4. The molecule has 1 aromatic carbocycles. The lowest BCUT2D eigenvalue weighted by molar-refractivity contribution is 0.235. The third-order valence-electron chi connectivity index (χ3n) is 18.2. The van der Waals surface area contributed by atoms with Crippen molar-refractivity contribution in [2.75, 3.05) is 0 Å². The molecule has 0 nitrogen and oxygen atoms in total. The zero-order chi connectivity index (χ0) is 53.0. The van der Waals surface area contributed by atoms with Gasteiger partial charge in [0, 0.05) is 11.8 Å². The van der Waals surface area contributed by atoms with E-state index >= 15 is 0 Å². The van der Waals surface area contributed by atoms with Gasteiger partial charge in [0.1, 0.15) is 0 Å². The summed E-state index contributed by atoms with van der Waals surface area (Å²) in [7, 11) is 0. The Labute approximate surface area is 447 Å². The minimum absolute atomic E-state index is 0.00208. The molecule has 0 aromatic heterocycles. The Morgan fingerprint density at radius 1 is 0.685 bits per heavy atom.